The lowest BCUT2D eigenvalue weighted by Gasteiger charge is -2.30. The summed E-state index contributed by atoms with van der Waals surface area (Å²) in [6, 6.07) is 9.19. The fourth-order valence-corrected chi connectivity index (χ4v) is 3.19. The molecule has 25 heavy (non-hydrogen) atoms. The van der Waals surface area contributed by atoms with Gasteiger partial charge in [0, 0.05) is 12.1 Å². The number of aromatic carboxylic acids is 1. The van der Waals surface area contributed by atoms with Crippen molar-refractivity contribution in [1.29, 1.82) is 0 Å². The smallest absolute Gasteiger partial charge is 0.343 e. The summed E-state index contributed by atoms with van der Waals surface area (Å²) < 4.78 is 5.30. The van der Waals surface area contributed by atoms with E-state index in [1.807, 2.05) is 30.3 Å². The van der Waals surface area contributed by atoms with Crippen molar-refractivity contribution in [3.8, 4) is 11.3 Å². The maximum atomic E-state index is 11.6. The van der Waals surface area contributed by atoms with Gasteiger partial charge >= 0.3 is 5.97 Å². The Labute approximate surface area is 147 Å². The number of carbonyl (C=O) groups is 1. The molecule has 3 rings (SSSR count). The molecule has 6 heteroatoms. The van der Waals surface area contributed by atoms with Gasteiger partial charge in [-0.15, -0.1) is 0 Å². The molecular weight excluding hydrogens is 318 g/mol. The van der Waals surface area contributed by atoms with Crippen molar-refractivity contribution >= 4 is 11.8 Å². The Morgan fingerprint density at radius 2 is 2.04 bits per heavy atom. The molecule has 0 bridgehead atoms. The summed E-state index contributed by atoms with van der Waals surface area (Å²) in [4.78, 5) is 14.1. The van der Waals surface area contributed by atoms with E-state index >= 15 is 0 Å². The number of anilines is 1. The van der Waals surface area contributed by atoms with E-state index in [1.165, 1.54) is 12.8 Å². The highest BCUT2D eigenvalue weighted by Gasteiger charge is 2.23. The van der Waals surface area contributed by atoms with E-state index in [0.717, 1.165) is 32.0 Å². The van der Waals surface area contributed by atoms with E-state index in [4.69, 9.17) is 4.52 Å². The van der Waals surface area contributed by atoms with Gasteiger partial charge in [0.05, 0.1) is 0 Å². The second-order valence-electron chi connectivity index (χ2n) is 6.71. The van der Waals surface area contributed by atoms with Crippen LogP contribution in [0.3, 0.4) is 0 Å². The third-order valence-electron chi connectivity index (χ3n) is 4.76. The Balaban J connectivity index is 1.57. The standard InChI is InChI=1S/C19H25N3O3/c1-14-8-12-22(13-9-14)11-5-10-20-18-16(19(23)24)17(25-21-18)15-6-3-2-4-7-15/h2-4,6-7,14H,5,8-13H2,1H3,(H,20,21)(H,23,24). The molecule has 2 aromatic rings. The van der Waals surface area contributed by atoms with Gasteiger partial charge < -0.3 is 19.8 Å². The number of piperidine rings is 1. The quantitative estimate of drug-likeness (QED) is 0.748. The number of hydrogen-bond acceptors (Lipinski definition) is 5. The molecule has 1 aliphatic rings. The van der Waals surface area contributed by atoms with Gasteiger partial charge in [0.1, 0.15) is 0 Å². The monoisotopic (exact) mass is 343 g/mol. The van der Waals surface area contributed by atoms with Crippen molar-refractivity contribution in [2.75, 3.05) is 31.5 Å². The van der Waals surface area contributed by atoms with Crippen molar-refractivity contribution < 1.29 is 14.4 Å². The zero-order valence-electron chi connectivity index (χ0n) is 14.6. The van der Waals surface area contributed by atoms with Gasteiger partial charge in [0.2, 0.25) is 0 Å². The molecule has 0 radical (unpaired) electrons. The van der Waals surface area contributed by atoms with Crippen molar-refractivity contribution in [2.45, 2.75) is 26.2 Å². The van der Waals surface area contributed by atoms with Crippen molar-refractivity contribution in [3.05, 3.63) is 35.9 Å². The van der Waals surface area contributed by atoms with Crippen LogP contribution in [0.1, 0.15) is 36.5 Å². The summed E-state index contributed by atoms with van der Waals surface area (Å²) in [6.07, 6.45) is 3.47. The second-order valence-corrected chi connectivity index (χ2v) is 6.71. The third-order valence-corrected chi connectivity index (χ3v) is 4.76. The number of aromatic nitrogens is 1. The summed E-state index contributed by atoms with van der Waals surface area (Å²) in [7, 11) is 0. The number of rotatable bonds is 7. The summed E-state index contributed by atoms with van der Waals surface area (Å²) in [6.45, 7) is 6.31. The number of benzene rings is 1. The minimum absolute atomic E-state index is 0.0954. The maximum Gasteiger partial charge on any atom is 0.343 e. The lowest BCUT2D eigenvalue weighted by atomic mass is 9.99. The van der Waals surface area contributed by atoms with Crippen LogP contribution < -0.4 is 5.32 Å². The molecule has 1 aromatic carbocycles. The minimum Gasteiger partial charge on any atom is -0.477 e. The second kappa shape index (κ2) is 8.16. The van der Waals surface area contributed by atoms with E-state index in [2.05, 4.69) is 22.3 Å². The molecule has 0 spiro atoms. The SMILES string of the molecule is CC1CCN(CCCNc2noc(-c3ccccc3)c2C(=O)O)CC1. The van der Waals surface area contributed by atoms with Crippen molar-refractivity contribution in [2.24, 2.45) is 5.92 Å². The highest BCUT2D eigenvalue weighted by atomic mass is 16.5. The van der Waals surface area contributed by atoms with Gasteiger partial charge in [-0.1, -0.05) is 42.4 Å². The first-order valence-corrected chi connectivity index (χ1v) is 8.89. The van der Waals surface area contributed by atoms with Gasteiger partial charge in [0.25, 0.3) is 0 Å². The molecule has 0 unspecified atom stereocenters. The zero-order valence-corrected chi connectivity index (χ0v) is 14.6. The summed E-state index contributed by atoms with van der Waals surface area (Å²) in [5.41, 5.74) is 0.806. The molecule has 1 aromatic heterocycles. The van der Waals surface area contributed by atoms with E-state index in [0.29, 0.717) is 23.7 Å². The average Bonchev–Trinajstić information content (AvgIpc) is 3.05. The van der Waals surface area contributed by atoms with Gasteiger partial charge in [-0.3, -0.25) is 0 Å². The fraction of sp³-hybridized carbons (Fsp3) is 0.474. The van der Waals surface area contributed by atoms with Gasteiger partial charge in [-0.05, 0) is 44.8 Å². The molecule has 1 fully saturated rings. The van der Waals surface area contributed by atoms with Crippen LogP contribution in [0.2, 0.25) is 0 Å². The van der Waals surface area contributed by atoms with E-state index in [-0.39, 0.29) is 5.56 Å². The van der Waals surface area contributed by atoms with Crippen molar-refractivity contribution in [1.82, 2.24) is 10.1 Å². The molecule has 134 valence electrons. The number of carboxylic acids is 1. The average molecular weight is 343 g/mol. The topological polar surface area (TPSA) is 78.6 Å². The summed E-state index contributed by atoms with van der Waals surface area (Å²) in [5.74, 6) is 0.394. The number of likely N-dealkylation sites (tertiary alicyclic amines) is 1. The predicted molar refractivity (Wildman–Crippen MR) is 96.8 cm³/mol. The van der Waals surface area contributed by atoms with Crippen molar-refractivity contribution in [3.63, 3.8) is 0 Å². The van der Waals surface area contributed by atoms with Crippen LogP contribution in [-0.4, -0.2) is 47.3 Å². The molecular formula is C19H25N3O3. The Hall–Kier alpha value is -2.34. The minimum atomic E-state index is -1.03. The van der Waals surface area contributed by atoms with Crippen LogP contribution in [0.15, 0.2) is 34.9 Å². The first-order chi connectivity index (χ1) is 12.1. The fourth-order valence-electron chi connectivity index (χ4n) is 3.19. The molecule has 0 atom stereocenters. The molecule has 0 aliphatic carbocycles. The molecule has 0 amide bonds. The van der Waals surface area contributed by atoms with E-state index < -0.39 is 5.97 Å². The van der Waals surface area contributed by atoms with Crippen LogP contribution >= 0.6 is 0 Å². The zero-order chi connectivity index (χ0) is 17.6. The summed E-state index contributed by atoms with van der Waals surface area (Å²) in [5, 5.41) is 16.6. The summed E-state index contributed by atoms with van der Waals surface area (Å²) >= 11 is 0. The molecule has 0 saturated carbocycles. The Morgan fingerprint density at radius 3 is 2.72 bits per heavy atom. The largest absolute Gasteiger partial charge is 0.477 e. The Morgan fingerprint density at radius 1 is 1.32 bits per heavy atom. The normalized spacial score (nSPS) is 16.0. The maximum absolute atomic E-state index is 11.6. The van der Waals surface area contributed by atoms with Crippen LogP contribution in [0.5, 0.6) is 0 Å². The number of nitrogens with one attached hydrogen (secondary N) is 1. The third kappa shape index (κ3) is 4.39. The Bertz CT molecular complexity index is 691. The van der Waals surface area contributed by atoms with E-state index in [9.17, 15) is 9.90 Å². The van der Waals surface area contributed by atoms with Gasteiger partial charge in [-0.25, -0.2) is 4.79 Å². The number of carboxylic acid groups (broad SMARTS) is 1. The van der Waals surface area contributed by atoms with Crippen LogP contribution in [-0.2, 0) is 0 Å². The highest BCUT2D eigenvalue weighted by Crippen LogP contribution is 2.29. The molecule has 2 N–H and O–H groups in total. The number of hydrogen-bond donors (Lipinski definition) is 2. The first-order valence-electron chi connectivity index (χ1n) is 8.89. The van der Waals surface area contributed by atoms with Crippen LogP contribution in [0, 0.1) is 5.92 Å². The lowest BCUT2D eigenvalue weighted by Crippen LogP contribution is -2.34. The van der Waals surface area contributed by atoms with Crippen LogP contribution in [0.4, 0.5) is 5.82 Å². The van der Waals surface area contributed by atoms with Crippen LogP contribution in [0.25, 0.3) is 11.3 Å². The van der Waals surface area contributed by atoms with Gasteiger partial charge in [0.15, 0.2) is 17.1 Å². The highest BCUT2D eigenvalue weighted by molar-refractivity contribution is 5.99. The molecule has 6 nitrogen and oxygen atoms in total. The lowest BCUT2D eigenvalue weighted by molar-refractivity contribution is 0.0698. The molecule has 1 saturated heterocycles. The predicted octanol–water partition coefficient (Wildman–Crippen LogP) is 3.57. The number of nitrogens with zero attached hydrogens (tertiary/aromatic N) is 2. The van der Waals surface area contributed by atoms with Gasteiger partial charge in [-0.2, -0.15) is 0 Å². The molecule has 1 aliphatic heterocycles. The first kappa shape index (κ1) is 17.5. The Kier molecular flexibility index (Phi) is 5.71. The van der Waals surface area contributed by atoms with E-state index in [1.54, 1.807) is 0 Å². The molecule has 2 heterocycles.